The van der Waals surface area contributed by atoms with Gasteiger partial charge in [0.05, 0.1) is 0 Å². The summed E-state index contributed by atoms with van der Waals surface area (Å²) in [4.78, 5) is 25.4. The molecule has 1 fully saturated rings. The number of likely N-dealkylation sites (tertiary alicyclic amines) is 1. The van der Waals surface area contributed by atoms with Crippen LogP contribution in [-0.4, -0.2) is 47.6 Å². The highest BCUT2D eigenvalue weighted by molar-refractivity contribution is 5.74. The van der Waals surface area contributed by atoms with Crippen LogP contribution in [0.5, 0.6) is 11.5 Å². The first-order valence-corrected chi connectivity index (χ1v) is 10.5. The van der Waals surface area contributed by atoms with Crippen LogP contribution in [0.25, 0.3) is 0 Å². The van der Waals surface area contributed by atoms with Crippen molar-refractivity contribution in [1.29, 1.82) is 0 Å². The Morgan fingerprint density at radius 3 is 2.58 bits per heavy atom. The molecule has 2 N–H and O–H groups in total. The molecule has 1 heterocycles. The molecule has 0 aromatic heterocycles. The van der Waals surface area contributed by atoms with Crippen LogP contribution in [0, 0.1) is 0 Å². The predicted octanol–water partition coefficient (Wildman–Crippen LogP) is 4.53. The fraction of sp³-hybridized carbons (Fsp3) is 0.391. The van der Waals surface area contributed by atoms with Gasteiger partial charge >= 0.3 is 18.4 Å². The fourth-order valence-corrected chi connectivity index (χ4v) is 3.63. The van der Waals surface area contributed by atoms with E-state index in [0.29, 0.717) is 24.4 Å². The third-order valence-electron chi connectivity index (χ3n) is 5.30. The van der Waals surface area contributed by atoms with Crippen molar-refractivity contribution in [3.63, 3.8) is 0 Å². The van der Waals surface area contributed by atoms with Gasteiger partial charge in [0.2, 0.25) is 0 Å². The van der Waals surface area contributed by atoms with Crippen LogP contribution in [0.15, 0.2) is 48.5 Å². The van der Waals surface area contributed by atoms with Gasteiger partial charge in [-0.15, -0.1) is 13.2 Å². The Balaban J connectivity index is 1.55. The lowest BCUT2D eigenvalue weighted by Crippen LogP contribution is -2.44. The van der Waals surface area contributed by atoms with Crippen LogP contribution in [-0.2, 0) is 11.3 Å². The first kappa shape index (κ1) is 24.2. The van der Waals surface area contributed by atoms with Crippen molar-refractivity contribution in [3.05, 3.63) is 59.7 Å². The Labute approximate surface area is 189 Å². The topological polar surface area (TPSA) is 88.1 Å². The van der Waals surface area contributed by atoms with Crippen LogP contribution in [0.2, 0.25) is 0 Å². The minimum Gasteiger partial charge on any atom is -0.479 e. The van der Waals surface area contributed by atoms with Gasteiger partial charge in [0, 0.05) is 25.6 Å². The molecule has 1 aliphatic rings. The van der Waals surface area contributed by atoms with Crippen molar-refractivity contribution < 1.29 is 37.3 Å². The Morgan fingerprint density at radius 1 is 1.18 bits per heavy atom. The number of hydrogen-bond donors (Lipinski definition) is 2. The van der Waals surface area contributed by atoms with Gasteiger partial charge in [-0.05, 0) is 55.2 Å². The second-order valence-electron chi connectivity index (χ2n) is 7.81. The molecule has 10 heteroatoms. The number of carbonyl (C=O) groups is 2. The molecule has 33 heavy (non-hydrogen) atoms. The highest BCUT2D eigenvalue weighted by Gasteiger charge is 2.31. The van der Waals surface area contributed by atoms with Crippen LogP contribution < -0.4 is 14.8 Å². The van der Waals surface area contributed by atoms with Gasteiger partial charge in [-0.3, -0.25) is 0 Å². The van der Waals surface area contributed by atoms with Gasteiger partial charge in [0.15, 0.2) is 6.10 Å². The number of halogens is 3. The normalized spacial score (nSPS) is 17.2. The number of alkyl halides is 3. The number of carboxylic acids is 1. The number of hydrogen-bond acceptors (Lipinski definition) is 4. The van der Waals surface area contributed by atoms with E-state index in [-0.39, 0.29) is 24.2 Å². The Bertz CT molecular complexity index is 965. The maximum absolute atomic E-state index is 12.6. The van der Waals surface area contributed by atoms with E-state index in [2.05, 4.69) is 10.1 Å². The summed E-state index contributed by atoms with van der Waals surface area (Å²) in [5.41, 5.74) is 1.60. The molecular weight excluding hydrogens is 441 g/mol. The van der Waals surface area contributed by atoms with Crippen LogP contribution in [0.4, 0.5) is 18.0 Å². The van der Waals surface area contributed by atoms with Crippen LogP contribution in [0.3, 0.4) is 0 Å². The van der Waals surface area contributed by atoms with Gasteiger partial charge in [0.25, 0.3) is 0 Å². The molecule has 178 valence electrons. The van der Waals surface area contributed by atoms with E-state index in [9.17, 15) is 22.8 Å². The van der Waals surface area contributed by atoms with Crippen molar-refractivity contribution in [1.82, 2.24) is 10.2 Å². The standard InChI is InChI=1S/C23H25F3N2O5/c1-15(21(29)30)32-20-6-2-4-17(12-20)18-5-3-11-28(14-18)22(31)27-13-16-7-9-19(10-8-16)33-23(24,25)26/h2,4,6-10,12,15,18H,3,5,11,13-14H2,1H3,(H,27,31)(H,29,30). The first-order chi connectivity index (χ1) is 15.6. The number of ether oxygens (including phenoxy) is 2. The summed E-state index contributed by atoms with van der Waals surface area (Å²) in [6.45, 7) is 2.70. The predicted molar refractivity (Wildman–Crippen MR) is 113 cm³/mol. The quantitative estimate of drug-likeness (QED) is 0.626. The molecule has 1 saturated heterocycles. The zero-order valence-corrected chi connectivity index (χ0v) is 18.0. The smallest absolute Gasteiger partial charge is 0.479 e. The lowest BCUT2D eigenvalue weighted by atomic mass is 9.90. The molecule has 1 aliphatic heterocycles. The van der Waals surface area contributed by atoms with Crippen molar-refractivity contribution in [2.75, 3.05) is 13.1 Å². The third-order valence-corrected chi connectivity index (χ3v) is 5.30. The van der Waals surface area contributed by atoms with Crippen molar-refractivity contribution in [2.45, 2.75) is 44.7 Å². The minimum absolute atomic E-state index is 0.0759. The molecule has 2 unspecified atom stereocenters. The molecule has 2 aromatic carbocycles. The monoisotopic (exact) mass is 466 g/mol. The molecule has 2 aromatic rings. The number of piperidine rings is 1. The van der Waals surface area contributed by atoms with Crippen molar-refractivity contribution in [3.8, 4) is 11.5 Å². The summed E-state index contributed by atoms with van der Waals surface area (Å²) in [7, 11) is 0. The van der Waals surface area contributed by atoms with Crippen LogP contribution >= 0.6 is 0 Å². The van der Waals surface area contributed by atoms with Crippen molar-refractivity contribution in [2.24, 2.45) is 0 Å². The summed E-state index contributed by atoms with van der Waals surface area (Å²) >= 11 is 0. The lowest BCUT2D eigenvalue weighted by molar-refractivity contribution is -0.274. The average Bonchev–Trinajstić information content (AvgIpc) is 2.77. The van der Waals surface area contributed by atoms with E-state index >= 15 is 0 Å². The number of nitrogens with one attached hydrogen (secondary N) is 1. The maximum atomic E-state index is 12.6. The number of aliphatic carboxylic acids is 1. The maximum Gasteiger partial charge on any atom is 0.573 e. The van der Waals surface area contributed by atoms with E-state index in [0.717, 1.165) is 18.4 Å². The number of urea groups is 1. The summed E-state index contributed by atoms with van der Waals surface area (Å²) in [6.07, 6.45) is -4.04. The summed E-state index contributed by atoms with van der Waals surface area (Å²) < 4.78 is 46.0. The highest BCUT2D eigenvalue weighted by atomic mass is 19.4. The molecule has 0 saturated carbocycles. The van der Waals surface area contributed by atoms with E-state index in [1.54, 1.807) is 23.1 Å². The molecule has 2 amide bonds. The third kappa shape index (κ3) is 7.30. The summed E-state index contributed by atoms with van der Waals surface area (Å²) in [5, 5.41) is 11.8. The molecule has 3 rings (SSSR count). The Morgan fingerprint density at radius 2 is 1.91 bits per heavy atom. The number of carboxylic acid groups (broad SMARTS) is 1. The van der Waals surface area contributed by atoms with Crippen LogP contribution in [0.1, 0.15) is 36.8 Å². The number of carbonyl (C=O) groups excluding carboxylic acids is 1. The largest absolute Gasteiger partial charge is 0.573 e. The van der Waals surface area contributed by atoms with E-state index < -0.39 is 18.4 Å². The highest BCUT2D eigenvalue weighted by Crippen LogP contribution is 2.29. The summed E-state index contributed by atoms with van der Waals surface area (Å²) in [5.74, 6) is -0.835. The average molecular weight is 466 g/mol. The second-order valence-corrected chi connectivity index (χ2v) is 7.81. The van der Waals surface area contributed by atoms with Gasteiger partial charge < -0.3 is 24.8 Å². The molecule has 0 spiro atoms. The van der Waals surface area contributed by atoms with Gasteiger partial charge in [-0.2, -0.15) is 0 Å². The number of rotatable bonds is 7. The Hall–Kier alpha value is -3.43. The molecule has 7 nitrogen and oxygen atoms in total. The number of amides is 2. The molecule has 0 bridgehead atoms. The second kappa shape index (κ2) is 10.5. The fourth-order valence-electron chi connectivity index (χ4n) is 3.63. The number of nitrogens with zero attached hydrogens (tertiary/aromatic N) is 1. The molecule has 0 aliphatic carbocycles. The van der Waals surface area contributed by atoms with Crippen molar-refractivity contribution >= 4 is 12.0 Å². The first-order valence-electron chi connectivity index (χ1n) is 10.5. The SMILES string of the molecule is CC(Oc1cccc(C2CCCN(C(=O)NCc3ccc(OC(F)(F)F)cc3)C2)c1)C(=O)O. The molecule has 0 radical (unpaired) electrons. The summed E-state index contributed by atoms with van der Waals surface area (Å²) in [6, 6.07) is 12.3. The lowest BCUT2D eigenvalue weighted by Gasteiger charge is -2.33. The van der Waals surface area contributed by atoms with E-state index in [1.165, 1.54) is 31.2 Å². The van der Waals surface area contributed by atoms with Gasteiger partial charge in [-0.1, -0.05) is 24.3 Å². The molecule has 2 atom stereocenters. The van der Waals surface area contributed by atoms with E-state index in [1.807, 2.05) is 6.07 Å². The van der Waals surface area contributed by atoms with E-state index in [4.69, 9.17) is 9.84 Å². The zero-order chi connectivity index (χ0) is 24.0. The Kier molecular flexibility index (Phi) is 7.67. The minimum atomic E-state index is -4.75. The number of benzene rings is 2. The molecular formula is C23H25F3N2O5. The zero-order valence-electron chi connectivity index (χ0n) is 18.0. The van der Waals surface area contributed by atoms with Gasteiger partial charge in [0.1, 0.15) is 11.5 Å². The van der Waals surface area contributed by atoms with Gasteiger partial charge in [-0.25, -0.2) is 9.59 Å².